The van der Waals surface area contributed by atoms with E-state index in [9.17, 15) is 4.79 Å². The van der Waals surface area contributed by atoms with Crippen molar-refractivity contribution >= 4 is 5.78 Å². The largest absolute Gasteiger partial charge is 0.493 e. The van der Waals surface area contributed by atoms with Gasteiger partial charge in [0.25, 0.3) is 0 Å². The van der Waals surface area contributed by atoms with E-state index in [0.29, 0.717) is 30.9 Å². The Balaban J connectivity index is 2.71. The molecule has 0 saturated heterocycles. The average Bonchev–Trinajstić information content (AvgIpc) is 2.36. The Kier molecular flexibility index (Phi) is 6.44. The molecule has 3 nitrogen and oxygen atoms in total. The van der Waals surface area contributed by atoms with E-state index in [0.717, 1.165) is 6.42 Å². The maximum atomic E-state index is 12.2. The summed E-state index contributed by atoms with van der Waals surface area (Å²) in [6.45, 7) is 5.30. The van der Waals surface area contributed by atoms with Crippen LogP contribution in [0.2, 0.25) is 0 Å². The summed E-state index contributed by atoms with van der Waals surface area (Å²) in [6.07, 6.45) is 1.42. The Hall–Kier alpha value is -1.35. The molecule has 1 rings (SSSR count). The van der Waals surface area contributed by atoms with Crippen LogP contribution in [0.1, 0.15) is 37.0 Å². The maximum absolute atomic E-state index is 12.2. The SMILES string of the molecule is CCCOc1ccccc1C(=O)CC(C)COC. The number of carbonyl (C=O) groups is 1. The van der Waals surface area contributed by atoms with Crippen LogP contribution in [0.3, 0.4) is 0 Å². The minimum absolute atomic E-state index is 0.117. The summed E-state index contributed by atoms with van der Waals surface area (Å²) in [7, 11) is 1.65. The molecule has 0 spiro atoms. The fourth-order valence-electron chi connectivity index (χ4n) is 1.80. The zero-order valence-corrected chi connectivity index (χ0v) is 11.4. The number of hydrogen-bond acceptors (Lipinski definition) is 3. The van der Waals surface area contributed by atoms with Gasteiger partial charge in [0.2, 0.25) is 0 Å². The van der Waals surface area contributed by atoms with Crippen LogP contribution in [0.5, 0.6) is 5.75 Å². The van der Waals surface area contributed by atoms with E-state index in [1.54, 1.807) is 7.11 Å². The van der Waals surface area contributed by atoms with Crippen LogP contribution in [0.4, 0.5) is 0 Å². The molecule has 100 valence electrons. The first-order chi connectivity index (χ1) is 8.69. The summed E-state index contributed by atoms with van der Waals surface area (Å²) in [6, 6.07) is 7.43. The van der Waals surface area contributed by atoms with Crippen LogP contribution in [0.25, 0.3) is 0 Å². The van der Waals surface area contributed by atoms with Gasteiger partial charge in [-0.1, -0.05) is 26.0 Å². The second-order valence-corrected chi connectivity index (χ2v) is 4.53. The first-order valence-electron chi connectivity index (χ1n) is 6.43. The Labute approximate surface area is 109 Å². The quantitative estimate of drug-likeness (QED) is 0.664. The minimum Gasteiger partial charge on any atom is -0.493 e. The van der Waals surface area contributed by atoms with Gasteiger partial charge in [-0.3, -0.25) is 4.79 Å². The Morgan fingerprint density at radius 2 is 2.06 bits per heavy atom. The molecule has 0 aliphatic carbocycles. The maximum Gasteiger partial charge on any atom is 0.166 e. The van der Waals surface area contributed by atoms with E-state index in [-0.39, 0.29) is 11.7 Å². The lowest BCUT2D eigenvalue weighted by Crippen LogP contribution is -2.12. The van der Waals surface area contributed by atoms with Gasteiger partial charge in [0.1, 0.15) is 5.75 Å². The number of hydrogen-bond donors (Lipinski definition) is 0. The van der Waals surface area contributed by atoms with Gasteiger partial charge in [-0.05, 0) is 24.5 Å². The smallest absolute Gasteiger partial charge is 0.166 e. The highest BCUT2D eigenvalue weighted by molar-refractivity contribution is 5.98. The Morgan fingerprint density at radius 1 is 1.33 bits per heavy atom. The van der Waals surface area contributed by atoms with Crippen LogP contribution < -0.4 is 4.74 Å². The highest BCUT2D eigenvalue weighted by Crippen LogP contribution is 2.21. The van der Waals surface area contributed by atoms with Crippen LogP contribution in [0.15, 0.2) is 24.3 Å². The molecule has 0 aliphatic rings. The van der Waals surface area contributed by atoms with Gasteiger partial charge in [-0.15, -0.1) is 0 Å². The third-order valence-electron chi connectivity index (χ3n) is 2.63. The van der Waals surface area contributed by atoms with Crippen molar-refractivity contribution in [3.8, 4) is 5.75 Å². The molecule has 1 atom stereocenters. The number of carbonyl (C=O) groups excluding carboxylic acids is 1. The number of ether oxygens (including phenoxy) is 2. The highest BCUT2D eigenvalue weighted by Gasteiger charge is 2.15. The number of para-hydroxylation sites is 1. The lowest BCUT2D eigenvalue weighted by molar-refractivity contribution is 0.0916. The molecule has 1 aromatic carbocycles. The topological polar surface area (TPSA) is 35.5 Å². The van der Waals surface area contributed by atoms with Gasteiger partial charge in [-0.2, -0.15) is 0 Å². The van der Waals surface area contributed by atoms with Gasteiger partial charge < -0.3 is 9.47 Å². The third kappa shape index (κ3) is 4.49. The lowest BCUT2D eigenvalue weighted by Gasteiger charge is -2.12. The summed E-state index contributed by atoms with van der Waals surface area (Å²) in [5, 5.41) is 0. The second-order valence-electron chi connectivity index (χ2n) is 4.53. The van der Waals surface area contributed by atoms with E-state index < -0.39 is 0 Å². The normalized spacial score (nSPS) is 12.2. The van der Waals surface area contributed by atoms with Crippen molar-refractivity contribution in [1.29, 1.82) is 0 Å². The molecular formula is C15H22O3. The van der Waals surface area contributed by atoms with Crippen molar-refractivity contribution in [1.82, 2.24) is 0 Å². The zero-order chi connectivity index (χ0) is 13.4. The predicted molar refractivity (Wildman–Crippen MR) is 72.2 cm³/mol. The van der Waals surface area contributed by atoms with E-state index in [1.165, 1.54) is 0 Å². The number of methoxy groups -OCH3 is 1. The standard InChI is InChI=1S/C15H22O3/c1-4-9-18-15-8-6-5-7-13(15)14(16)10-12(2)11-17-3/h5-8,12H,4,9-11H2,1-3H3. The van der Waals surface area contributed by atoms with Crippen molar-refractivity contribution in [3.63, 3.8) is 0 Å². The van der Waals surface area contributed by atoms with Gasteiger partial charge in [0, 0.05) is 20.1 Å². The molecule has 0 N–H and O–H groups in total. The molecule has 0 bridgehead atoms. The van der Waals surface area contributed by atoms with Gasteiger partial charge in [0.15, 0.2) is 5.78 Å². The van der Waals surface area contributed by atoms with E-state index in [2.05, 4.69) is 0 Å². The number of ketones is 1. The van der Waals surface area contributed by atoms with Gasteiger partial charge in [-0.25, -0.2) is 0 Å². The van der Waals surface area contributed by atoms with Crippen molar-refractivity contribution in [2.45, 2.75) is 26.7 Å². The van der Waals surface area contributed by atoms with Crippen LogP contribution >= 0.6 is 0 Å². The first kappa shape index (κ1) is 14.7. The monoisotopic (exact) mass is 250 g/mol. The van der Waals surface area contributed by atoms with Gasteiger partial charge in [0.05, 0.1) is 12.2 Å². The summed E-state index contributed by atoms with van der Waals surface area (Å²) < 4.78 is 10.6. The molecule has 3 heteroatoms. The first-order valence-corrected chi connectivity index (χ1v) is 6.43. The van der Waals surface area contributed by atoms with Crippen molar-refractivity contribution in [2.24, 2.45) is 5.92 Å². The number of benzene rings is 1. The summed E-state index contributed by atoms with van der Waals surface area (Å²) in [5.41, 5.74) is 0.675. The fraction of sp³-hybridized carbons (Fsp3) is 0.533. The molecule has 0 heterocycles. The van der Waals surface area contributed by atoms with Crippen LogP contribution in [-0.2, 0) is 4.74 Å². The van der Waals surface area contributed by atoms with Crippen LogP contribution in [0, 0.1) is 5.92 Å². The minimum atomic E-state index is 0.117. The molecule has 0 radical (unpaired) electrons. The average molecular weight is 250 g/mol. The third-order valence-corrected chi connectivity index (χ3v) is 2.63. The molecular weight excluding hydrogens is 228 g/mol. The number of rotatable bonds is 8. The van der Waals surface area contributed by atoms with Crippen molar-refractivity contribution in [3.05, 3.63) is 29.8 Å². The van der Waals surface area contributed by atoms with E-state index in [1.807, 2.05) is 38.1 Å². The molecule has 1 unspecified atom stereocenters. The second kappa shape index (κ2) is 7.88. The molecule has 0 saturated carbocycles. The Bertz CT molecular complexity index is 374. The lowest BCUT2D eigenvalue weighted by atomic mass is 10.00. The predicted octanol–water partition coefficient (Wildman–Crippen LogP) is 3.33. The molecule has 1 aromatic rings. The zero-order valence-electron chi connectivity index (χ0n) is 11.4. The molecule has 0 amide bonds. The summed E-state index contributed by atoms with van der Waals surface area (Å²) >= 11 is 0. The van der Waals surface area contributed by atoms with Crippen molar-refractivity contribution < 1.29 is 14.3 Å². The molecule has 18 heavy (non-hydrogen) atoms. The van der Waals surface area contributed by atoms with Crippen LogP contribution in [-0.4, -0.2) is 26.1 Å². The fourth-order valence-corrected chi connectivity index (χ4v) is 1.80. The van der Waals surface area contributed by atoms with Crippen molar-refractivity contribution in [2.75, 3.05) is 20.3 Å². The number of Topliss-reactive ketones (excluding diaryl/α,β-unsaturated/α-hetero) is 1. The summed E-state index contributed by atoms with van der Waals surface area (Å²) in [4.78, 5) is 12.2. The Morgan fingerprint density at radius 3 is 2.72 bits per heavy atom. The molecule has 0 fully saturated rings. The molecule has 0 aliphatic heterocycles. The highest BCUT2D eigenvalue weighted by atomic mass is 16.5. The van der Waals surface area contributed by atoms with E-state index >= 15 is 0 Å². The molecule has 0 aromatic heterocycles. The van der Waals surface area contributed by atoms with E-state index in [4.69, 9.17) is 9.47 Å². The summed E-state index contributed by atoms with van der Waals surface area (Å²) in [5.74, 6) is 1.03. The van der Waals surface area contributed by atoms with Gasteiger partial charge >= 0.3 is 0 Å².